The van der Waals surface area contributed by atoms with Crippen LogP contribution in [-0.4, -0.2) is 53.7 Å². The average molecular weight is 345 g/mol. The van der Waals surface area contributed by atoms with Crippen molar-refractivity contribution in [3.8, 4) is 0 Å². The Balaban J connectivity index is 1.41. The van der Waals surface area contributed by atoms with Crippen molar-refractivity contribution in [3.63, 3.8) is 0 Å². The molecule has 3 N–H and O–H groups in total. The minimum atomic E-state index is -0.546. The summed E-state index contributed by atoms with van der Waals surface area (Å²) in [5, 5.41) is 16.0. The average Bonchev–Trinajstić information content (AvgIpc) is 3.17. The summed E-state index contributed by atoms with van der Waals surface area (Å²) in [4.78, 5) is 25.7. The van der Waals surface area contributed by atoms with Crippen molar-refractivity contribution in [2.24, 2.45) is 0 Å². The van der Waals surface area contributed by atoms with Crippen molar-refractivity contribution in [2.45, 2.75) is 44.1 Å². The molecule has 0 saturated carbocycles. The monoisotopic (exact) mass is 345 g/mol. The Morgan fingerprint density at radius 3 is 2.92 bits per heavy atom. The molecule has 2 saturated heterocycles. The molecule has 2 bridgehead atoms. The van der Waals surface area contributed by atoms with Gasteiger partial charge in [0.05, 0.1) is 24.9 Å². The molecule has 134 valence electrons. The molecule has 3 aliphatic heterocycles. The van der Waals surface area contributed by atoms with Gasteiger partial charge in [-0.1, -0.05) is 6.07 Å². The second-order valence-corrected chi connectivity index (χ2v) is 6.98. The van der Waals surface area contributed by atoms with Crippen LogP contribution in [0.5, 0.6) is 0 Å². The summed E-state index contributed by atoms with van der Waals surface area (Å²) in [5.74, 6) is -0.987. The smallest absolute Gasteiger partial charge is 0.311 e. The lowest BCUT2D eigenvalue weighted by Gasteiger charge is -2.40. The first kappa shape index (κ1) is 16.4. The van der Waals surface area contributed by atoms with E-state index in [-0.39, 0.29) is 12.1 Å². The summed E-state index contributed by atoms with van der Waals surface area (Å²) in [6.07, 6.45) is 2.14. The van der Waals surface area contributed by atoms with E-state index >= 15 is 0 Å². The maximum Gasteiger partial charge on any atom is 0.311 e. The minimum absolute atomic E-state index is 0.0230. The minimum Gasteiger partial charge on any atom is -0.389 e. The lowest BCUT2D eigenvalue weighted by atomic mass is 9.89. The maximum atomic E-state index is 12.0. The van der Waals surface area contributed by atoms with E-state index in [9.17, 15) is 14.7 Å². The first-order valence-corrected chi connectivity index (χ1v) is 8.88. The lowest BCUT2D eigenvalue weighted by molar-refractivity contribution is -0.145. The number of ether oxygens (including phenoxy) is 1. The van der Waals surface area contributed by atoms with E-state index in [2.05, 4.69) is 10.6 Å². The van der Waals surface area contributed by atoms with Gasteiger partial charge >= 0.3 is 11.8 Å². The summed E-state index contributed by atoms with van der Waals surface area (Å²) in [6.45, 7) is 1.98. The quantitative estimate of drug-likeness (QED) is 0.681. The molecule has 2 amide bonds. The molecule has 0 spiro atoms. The highest BCUT2D eigenvalue weighted by atomic mass is 16.5. The highest BCUT2D eigenvalue weighted by Crippen LogP contribution is 2.39. The Morgan fingerprint density at radius 2 is 2.12 bits per heavy atom. The fourth-order valence-corrected chi connectivity index (χ4v) is 3.80. The van der Waals surface area contributed by atoms with Crippen LogP contribution in [0, 0.1) is 0 Å². The number of aliphatic hydroxyl groups is 1. The SMILES string of the molecule is O=C(NCc1ccc2c(c1)[C@H]1C[C@@H](N2)[C@H](O)CO1)C(=O)N1CCCC1. The molecule has 4 rings (SSSR count). The first-order chi connectivity index (χ1) is 12.1. The Morgan fingerprint density at radius 1 is 1.32 bits per heavy atom. The Bertz CT molecular complexity index is 687. The van der Waals surface area contributed by atoms with Gasteiger partial charge in [0.2, 0.25) is 0 Å². The molecule has 0 aliphatic carbocycles. The van der Waals surface area contributed by atoms with Crippen LogP contribution in [0.1, 0.15) is 36.5 Å². The number of benzene rings is 1. The van der Waals surface area contributed by atoms with Crippen molar-refractivity contribution >= 4 is 17.5 Å². The number of aliphatic hydroxyl groups excluding tert-OH is 1. The zero-order valence-electron chi connectivity index (χ0n) is 14.0. The van der Waals surface area contributed by atoms with E-state index in [1.54, 1.807) is 4.90 Å². The van der Waals surface area contributed by atoms with E-state index in [0.717, 1.165) is 36.1 Å². The molecule has 25 heavy (non-hydrogen) atoms. The predicted octanol–water partition coefficient (Wildman–Crippen LogP) is 0.542. The highest BCUT2D eigenvalue weighted by molar-refractivity contribution is 6.35. The molecule has 1 aromatic carbocycles. The van der Waals surface area contributed by atoms with Crippen molar-refractivity contribution in [3.05, 3.63) is 29.3 Å². The van der Waals surface area contributed by atoms with E-state index in [4.69, 9.17) is 4.74 Å². The molecule has 3 atom stereocenters. The summed E-state index contributed by atoms with van der Waals surface area (Å²) in [6, 6.07) is 5.89. The van der Waals surface area contributed by atoms with Gasteiger partial charge in [0.25, 0.3) is 0 Å². The largest absolute Gasteiger partial charge is 0.389 e. The standard InChI is InChI=1S/C18H23N3O4/c22-15-10-25-16-8-14(15)20-13-4-3-11(7-12(13)16)9-19-17(23)18(24)21-5-1-2-6-21/h3-4,7,14-16,20,22H,1-2,5-6,8-10H2,(H,19,23)/t14-,15-,16-/m1/s1. The summed E-state index contributed by atoms with van der Waals surface area (Å²) >= 11 is 0. The number of hydrogen-bond acceptors (Lipinski definition) is 5. The Labute approximate surface area is 146 Å². The van der Waals surface area contributed by atoms with Crippen molar-refractivity contribution in [2.75, 3.05) is 25.0 Å². The van der Waals surface area contributed by atoms with Crippen molar-refractivity contribution in [1.82, 2.24) is 10.2 Å². The highest BCUT2D eigenvalue weighted by Gasteiger charge is 2.36. The second-order valence-electron chi connectivity index (χ2n) is 6.98. The van der Waals surface area contributed by atoms with Gasteiger partial charge in [-0.2, -0.15) is 0 Å². The molecule has 7 heteroatoms. The van der Waals surface area contributed by atoms with Crippen LogP contribution < -0.4 is 10.6 Å². The van der Waals surface area contributed by atoms with Gasteiger partial charge < -0.3 is 25.4 Å². The van der Waals surface area contributed by atoms with Crippen LogP contribution >= 0.6 is 0 Å². The molecule has 3 aliphatic rings. The van der Waals surface area contributed by atoms with Crippen LogP contribution in [-0.2, 0) is 20.9 Å². The number of likely N-dealkylation sites (tertiary alicyclic amines) is 1. The second kappa shape index (κ2) is 6.65. The van der Waals surface area contributed by atoms with Gasteiger partial charge in [-0.05, 0) is 30.5 Å². The summed E-state index contributed by atoms with van der Waals surface area (Å²) in [5.41, 5.74) is 2.93. The van der Waals surface area contributed by atoms with Gasteiger partial charge in [-0.25, -0.2) is 0 Å². The number of anilines is 1. The fourth-order valence-electron chi connectivity index (χ4n) is 3.80. The number of amides is 2. The molecule has 3 heterocycles. The van der Waals surface area contributed by atoms with Gasteiger partial charge in [-0.3, -0.25) is 9.59 Å². The van der Waals surface area contributed by atoms with Gasteiger partial charge in [-0.15, -0.1) is 0 Å². The topological polar surface area (TPSA) is 90.9 Å². The zero-order valence-corrected chi connectivity index (χ0v) is 14.0. The van der Waals surface area contributed by atoms with E-state index in [1.807, 2.05) is 18.2 Å². The molecule has 0 aromatic heterocycles. The van der Waals surface area contributed by atoms with Gasteiger partial charge in [0.1, 0.15) is 0 Å². The molecule has 2 fully saturated rings. The van der Waals surface area contributed by atoms with Crippen LogP contribution in [0.3, 0.4) is 0 Å². The summed E-state index contributed by atoms with van der Waals surface area (Å²) in [7, 11) is 0. The number of fused-ring (bicyclic) bond motifs is 4. The molecule has 1 aromatic rings. The third-order valence-corrected chi connectivity index (χ3v) is 5.24. The molecule has 0 radical (unpaired) electrons. The van der Waals surface area contributed by atoms with Crippen LogP contribution in [0.15, 0.2) is 18.2 Å². The third-order valence-electron chi connectivity index (χ3n) is 5.24. The number of carbonyl (C=O) groups is 2. The molecule has 7 nitrogen and oxygen atoms in total. The number of rotatable bonds is 2. The molecular formula is C18H23N3O4. The number of hydrogen-bond donors (Lipinski definition) is 3. The predicted molar refractivity (Wildman–Crippen MR) is 90.8 cm³/mol. The summed E-state index contributed by atoms with van der Waals surface area (Å²) < 4.78 is 5.74. The normalized spacial score (nSPS) is 27.4. The number of carbonyl (C=O) groups excluding carboxylic acids is 2. The number of nitrogens with zero attached hydrogens (tertiary/aromatic N) is 1. The van der Waals surface area contributed by atoms with E-state index in [1.165, 1.54) is 0 Å². The van der Waals surface area contributed by atoms with Gasteiger partial charge in [0, 0.05) is 37.3 Å². The third kappa shape index (κ3) is 3.21. The first-order valence-electron chi connectivity index (χ1n) is 8.88. The number of nitrogens with one attached hydrogen (secondary N) is 2. The van der Waals surface area contributed by atoms with Crippen LogP contribution in [0.25, 0.3) is 0 Å². The lowest BCUT2D eigenvalue weighted by Crippen LogP contribution is -2.46. The van der Waals surface area contributed by atoms with Crippen molar-refractivity contribution < 1.29 is 19.4 Å². The van der Waals surface area contributed by atoms with E-state index in [0.29, 0.717) is 26.2 Å². The van der Waals surface area contributed by atoms with E-state index < -0.39 is 17.9 Å². The zero-order chi connectivity index (χ0) is 17.4. The Kier molecular flexibility index (Phi) is 4.35. The molecule has 0 unspecified atom stereocenters. The maximum absolute atomic E-state index is 12.0. The fraction of sp³-hybridized carbons (Fsp3) is 0.556. The molecular weight excluding hydrogens is 322 g/mol. The van der Waals surface area contributed by atoms with Gasteiger partial charge in [0.15, 0.2) is 0 Å². The Hall–Kier alpha value is -2.12. The van der Waals surface area contributed by atoms with Crippen LogP contribution in [0.2, 0.25) is 0 Å². The van der Waals surface area contributed by atoms with Crippen molar-refractivity contribution in [1.29, 1.82) is 0 Å². The van der Waals surface area contributed by atoms with Crippen LogP contribution in [0.4, 0.5) is 5.69 Å².